The van der Waals surface area contributed by atoms with E-state index < -0.39 is 0 Å². The van der Waals surface area contributed by atoms with Crippen molar-refractivity contribution in [1.29, 1.82) is 0 Å². The molecule has 0 saturated heterocycles. The summed E-state index contributed by atoms with van der Waals surface area (Å²) in [6, 6.07) is 19.2. The number of benzene rings is 2. The van der Waals surface area contributed by atoms with E-state index in [1.807, 2.05) is 24.8 Å². The van der Waals surface area contributed by atoms with Gasteiger partial charge in [-0.2, -0.15) is 0 Å². The highest BCUT2D eigenvalue weighted by molar-refractivity contribution is 5.63. The average Bonchev–Trinajstić information content (AvgIpc) is 3.03. The maximum Gasteiger partial charge on any atom is 0.0953 e. The molecule has 0 radical (unpaired) electrons. The lowest BCUT2D eigenvalue weighted by molar-refractivity contribution is 0.435. The molecule has 0 spiro atoms. The van der Waals surface area contributed by atoms with Crippen molar-refractivity contribution in [2.45, 2.75) is 19.4 Å². The highest BCUT2D eigenvalue weighted by Crippen LogP contribution is 2.27. The van der Waals surface area contributed by atoms with E-state index in [4.69, 9.17) is 0 Å². The van der Waals surface area contributed by atoms with Gasteiger partial charge in [0.05, 0.1) is 11.9 Å². The second kappa shape index (κ2) is 4.97. The molecular formula is C18H18N2. The largest absolute Gasteiger partial charge is 0.328 e. The summed E-state index contributed by atoms with van der Waals surface area (Å²) in [5, 5.41) is 0. The summed E-state index contributed by atoms with van der Waals surface area (Å²) < 4.78 is 2.13. The molecule has 0 N–H and O–H groups in total. The summed E-state index contributed by atoms with van der Waals surface area (Å²) in [4.78, 5) is 4.14. The molecule has 1 aromatic heterocycles. The normalized spacial score (nSPS) is 11.5. The lowest BCUT2D eigenvalue weighted by Crippen LogP contribution is -2.26. The van der Waals surface area contributed by atoms with Crippen LogP contribution in [0.1, 0.15) is 19.4 Å². The van der Waals surface area contributed by atoms with E-state index in [0.29, 0.717) is 0 Å². The predicted octanol–water partition coefficient (Wildman–Crippen LogP) is 4.33. The number of nitrogens with zero attached hydrogens (tertiary/aromatic N) is 2. The van der Waals surface area contributed by atoms with Crippen LogP contribution in [-0.2, 0) is 5.54 Å². The molecule has 1 heterocycles. The first-order valence-corrected chi connectivity index (χ1v) is 6.82. The minimum atomic E-state index is -0.0915. The highest BCUT2D eigenvalue weighted by Gasteiger charge is 2.21. The van der Waals surface area contributed by atoms with Gasteiger partial charge in [-0.1, -0.05) is 54.6 Å². The van der Waals surface area contributed by atoms with Gasteiger partial charge < -0.3 is 4.57 Å². The van der Waals surface area contributed by atoms with Crippen LogP contribution in [0.4, 0.5) is 0 Å². The number of rotatable bonds is 3. The Morgan fingerprint density at radius 3 is 2.10 bits per heavy atom. The monoisotopic (exact) mass is 262 g/mol. The van der Waals surface area contributed by atoms with Gasteiger partial charge in [0.1, 0.15) is 0 Å². The molecule has 0 aliphatic rings. The second-order valence-electron chi connectivity index (χ2n) is 5.47. The van der Waals surface area contributed by atoms with Gasteiger partial charge in [0.2, 0.25) is 0 Å². The van der Waals surface area contributed by atoms with E-state index in [1.165, 1.54) is 16.7 Å². The van der Waals surface area contributed by atoms with Crippen LogP contribution in [0.15, 0.2) is 73.3 Å². The van der Waals surface area contributed by atoms with Gasteiger partial charge in [0, 0.05) is 12.4 Å². The highest BCUT2D eigenvalue weighted by atomic mass is 15.1. The molecule has 0 unspecified atom stereocenters. The SMILES string of the molecule is CC(C)(c1ccc(-c2ccccc2)cc1)n1ccnc1. The van der Waals surface area contributed by atoms with Crippen molar-refractivity contribution < 1.29 is 0 Å². The number of hydrogen-bond donors (Lipinski definition) is 0. The molecular weight excluding hydrogens is 244 g/mol. The van der Waals surface area contributed by atoms with Gasteiger partial charge >= 0.3 is 0 Å². The van der Waals surface area contributed by atoms with Crippen molar-refractivity contribution in [3.05, 3.63) is 78.9 Å². The summed E-state index contributed by atoms with van der Waals surface area (Å²) in [6.45, 7) is 4.40. The van der Waals surface area contributed by atoms with Gasteiger partial charge in [-0.15, -0.1) is 0 Å². The third-order valence-electron chi connectivity index (χ3n) is 3.85. The Morgan fingerprint density at radius 1 is 0.850 bits per heavy atom. The minimum absolute atomic E-state index is 0.0915. The minimum Gasteiger partial charge on any atom is -0.328 e. The fourth-order valence-corrected chi connectivity index (χ4v) is 2.44. The third kappa shape index (κ3) is 2.25. The predicted molar refractivity (Wildman–Crippen MR) is 82.5 cm³/mol. The molecule has 3 rings (SSSR count). The summed E-state index contributed by atoms with van der Waals surface area (Å²) in [6.07, 6.45) is 5.69. The molecule has 2 nitrogen and oxygen atoms in total. The fourth-order valence-electron chi connectivity index (χ4n) is 2.44. The van der Waals surface area contributed by atoms with Crippen LogP contribution in [0.2, 0.25) is 0 Å². The molecule has 20 heavy (non-hydrogen) atoms. The standard InChI is InChI=1S/C18H18N2/c1-18(2,20-13-12-19-14-20)17-10-8-16(9-11-17)15-6-4-3-5-7-15/h3-14H,1-2H3. The van der Waals surface area contributed by atoms with Crippen molar-refractivity contribution in [2.24, 2.45) is 0 Å². The molecule has 100 valence electrons. The zero-order valence-electron chi connectivity index (χ0n) is 11.8. The molecule has 3 aromatic rings. The quantitative estimate of drug-likeness (QED) is 0.687. The maximum atomic E-state index is 4.14. The summed E-state index contributed by atoms with van der Waals surface area (Å²) in [7, 11) is 0. The zero-order valence-corrected chi connectivity index (χ0v) is 11.8. The summed E-state index contributed by atoms with van der Waals surface area (Å²) in [5.41, 5.74) is 3.68. The lowest BCUT2D eigenvalue weighted by Gasteiger charge is -2.27. The maximum absolute atomic E-state index is 4.14. The first-order valence-electron chi connectivity index (χ1n) is 6.82. The fraction of sp³-hybridized carbons (Fsp3) is 0.167. The van der Waals surface area contributed by atoms with Crippen molar-refractivity contribution in [1.82, 2.24) is 9.55 Å². The van der Waals surface area contributed by atoms with E-state index in [0.717, 1.165) is 0 Å². The molecule has 0 aliphatic heterocycles. The van der Waals surface area contributed by atoms with Crippen LogP contribution in [0.25, 0.3) is 11.1 Å². The van der Waals surface area contributed by atoms with Crippen molar-refractivity contribution in [2.75, 3.05) is 0 Å². The van der Waals surface area contributed by atoms with E-state index >= 15 is 0 Å². The molecule has 0 bridgehead atoms. The summed E-state index contributed by atoms with van der Waals surface area (Å²) >= 11 is 0. The number of hydrogen-bond acceptors (Lipinski definition) is 1. The number of imidazole rings is 1. The smallest absolute Gasteiger partial charge is 0.0953 e. The number of aromatic nitrogens is 2. The topological polar surface area (TPSA) is 17.8 Å². The van der Waals surface area contributed by atoms with Gasteiger partial charge in [-0.3, -0.25) is 0 Å². The van der Waals surface area contributed by atoms with Crippen LogP contribution in [0.5, 0.6) is 0 Å². The summed E-state index contributed by atoms with van der Waals surface area (Å²) in [5.74, 6) is 0. The Kier molecular flexibility index (Phi) is 3.15. The molecule has 0 atom stereocenters. The van der Waals surface area contributed by atoms with E-state index in [2.05, 4.69) is 71.9 Å². The molecule has 0 saturated carbocycles. The van der Waals surface area contributed by atoms with Crippen LogP contribution in [-0.4, -0.2) is 9.55 Å². The zero-order chi connectivity index (χ0) is 14.0. The van der Waals surface area contributed by atoms with Crippen LogP contribution >= 0.6 is 0 Å². The first kappa shape index (κ1) is 12.7. The molecule has 2 aromatic carbocycles. The first-order chi connectivity index (χ1) is 9.68. The van der Waals surface area contributed by atoms with Crippen molar-refractivity contribution >= 4 is 0 Å². The Balaban J connectivity index is 1.94. The Morgan fingerprint density at radius 2 is 1.50 bits per heavy atom. The van der Waals surface area contributed by atoms with Gasteiger partial charge in [0.15, 0.2) is 0 Å². The van der Waals surface area contributed by atoms with E-state index in [-0.39, 0.29) is 5.54 Å². The molecule has 0 fully saturated rings. The van der Waals surface area contributed by atoms with Crippen LogP contribution in [0, 0.1) is 0 Å². The van der Waals surface area contributed by atoms with Crippen molar-refractivity contribution in [3.8, 4) is 11.1 Å². The lowest BCUT2D eigenvalue weighted by atomic mass is 9.92. The Labute approximate surface area is 119 Å². The van der Waals surface area contributed by atoms with Gasteiger partial charge in [-0.25, -0.2) is 4.98 Å². The Bertz CT molecular complexity index is 665. The van der Waals surface area contributed by atoms with E-state index in [1.54, 1.807) is 0 Å². The molecule has 2 heteroatoms. The van der Waals surface area contributed by atoms with Gasteiger partial charge in [0.25, 0.3) is 0 Å². The second-order valence-corrected chi connectivity index (χ2v) is 5.47. The van der Waals surface area contributed by atoms with Crippen LogP contribution < -0.4 is 0 Å². The Hall–Kier alpha value is -2.35. The third-order valence-corrected chi connectivity index (χ3v) is 3.85. The molecule has 0 amide bonds. The van der Waals surface area contributed by atoms with Gasteiger partial charge in [-0.05, 0) is 30.5 Å². The molecule has 0 aliphatic carbocycles. The average molecular weight is 262 g/mol. The van der Waals surface area contributed by atoms with Crippen LogP contribution in [0.3, 0.4) is 0 Å². The van der Waals surface area contributed by atoms with Crippen molar-refractivity contribution in [3.63, 3.8) is 0 Å². The van der Waals surface area contributed by atoms with E-state index in [9.17, 15) is 0 Å².